The lowest BCUT2D eigenvalue weighted by Gasteiger charge is -2.38. The molecule has 7 N–H and O–H groups in total. The first kappa shape index (κ1) is 42.7. The van der Waals surface area contributed by atoms with Crippen LogP contribution in [-0.2, 0) is 23.8 Å². The molecule has 4 aromatic rings. The monoisotopic (exact) mass is 813 g/mol. The van der Waals surface area contributed by atoms with Crippen molar-refractivity contribution in [3.63, 3.8) is 0 Å². The quantitative estimate of drug-likeness (QED) is 0.0685. The number of methoxy groups -OCH3 is 1. The first-order chi connectivity index (χ1) is 27.8. The highest BCUT2D eigenvalue weighted by Gasteiger charge is 2.50. The van der Waals surface area contributed by atoms with E-state index in [0.29, 0.717) is 11.0 Å². The maximum Gasteiger partial charge on any atom is 0.312 e. The van der Waals surface area contributed by atoms with Crippen LogP contribution in [0.3, 0.4) is 0 Å². The molecule has 7 rings (SSSR count). The molecule has 3 aliphatic rings. The third-order valence-corrected chi connectivity index (χ3v) is 11.6. The van der Waals surface area contributed by atoms with Crippen molar-refractivity contribution in [1.29, 1.82) is 0 Å². The van der Waals surface area contributed by atoms with Crippen LogP contribution in [0.1, 0.15) is 64.4 Å². The van der Waals surface area contributed by atoms with E-state index in [0.717, 1.165) is 0 Å². The number of phenols is 3. The number of carbonyl (C=O) groups excluding carboxylic acids is 3. The number of allylic oxidation sites excluding steroid dienone is 2. The number of anilines is 1. The van der Waals surface area contributed by atoms with Crippen molar-refractivity contribution in [2.24, 2.45) is 23.7 Å². The second-order valence-electron chi connectivity index (χ2n) is 15.7. The molecule has 0 spiro atoms. The Morgan fingerprint density at radius 1 is 0.898 bits per heavy atom. The van der Waals surface area contributed by atoms with Gasteiger partial charge >= 0.3 is 11.8 Å². The number of aromatic amines is 1. The minimum Gasteiger partial charge on any atom is -0.507 e. The number of aromatic nitrogens is 2. The molecule has 0 unspecified atom stereocenters. The van der Waals surface area contributed by atoms with Gasteiger partial charge in [0, 0.05) is 61.2 Å². The van der Waals surface area contributed by atoms with Gasteiger partial charge in [-0.25, -0.2) is 4.98 Å². The van der Waals surface area contributed by atoms with Gasteiger partial charge in [-0.1, -0.05) is 58.1 Å². The number of esters is 1. The molecule has 4 heterocycles. The number of aromatic hydroxyl groups is 3. The summed E-state index contributed by atoms with van der Waals surface area (Å²) in [5.41, 5.74) is 0.572. The molecule has 59 heavy (non-hydrogen) atoms. The van der Waals surface area contributed by atoms with Gasteiger partial charge in [0.05, 0.1) is 57.8 Å². The van der Waals surface area contributed by atoms with Crippen LogP contribution in [0.15, 0.2) is 60.4 Å². The third-order valence-electron chi connectivity index (χ3n) is 11.6. The Morgan fingerprint density at radius 2 is 1.59 bits per heavy atom. The number of Topliss-reactive ketones (excluding diaryl/α,β-unsaturated/α-hetero) is 1. The molecule has 0 saturated heterocycles. The Labute approximate surface area is 341 Å². The maximum absolute atomic E-state index is 14.5. The number of ketones is 1. The number of ether oxygens (including phenoxy) is 4. The van der Waals surface area contributed by atoms with Crippen LogP contribution >= 0.6 is 0 Å². The number of rotatable bonds is 3. The number of para-hydroxylation sites is 2. The number of hydrogen-bond donors (Lipinski definition) is 7. The minimum atomic E-state index is -2.06. The molecule has 3 aromatic carbocycles. The molecule has 1 amide bonds. The topological polar surface area (TPSA) is 230 Å². The number of nitrogens with one attached hydrogen (secondary N) is 2. The van der Waals surface area contributed by atoms with Gasteiger partial charge in [0.15, 0.2) is 5.75 Å². The van der Waals surface area contributed by atoms with Crippen LogP contribution in [0.25, 0.3) is 33.2 Å². The normalized spacial score (nSPS) is 30.1. The van der Waals surface area contributed by atoms with Gasteiger partial charge in [-0.15, -0.1) is 0 Å². The van der Waals surface area contributed by atoms with Crippen LogP contribution < -0.4 is 10.1 Å². The molecule has 0 fully saturated rings. The summed E-state index contributed by atoms with van der Waals surface area (Å²) < 4.78 is 23.6. The fraction of sp³-hybridized carbons (Fsp3) is 0.409. The summed E-state index contributed by atoms with van der Waals surface area (Å²) in [6, 6.07) is 7.00. The van der Waals surface area contributed by atoms with Crippen LogP contribution in [0.4, 0.5) is 5.69 Å². The molecule has 0 saturated carbocycles. The summed E-state index contributed by atoms with van der Waals surface area (Å²) in [6.07, 6.45) is 3.49. The number of aliphatic hydroxyl groups is 2. The summed E-state index contributed by atoms with van der Waals surface area (Å²) in [5, 5.41) is 60.8. The zero-order valence-electron chi connectivity index (χ0n) is 34.4. The van der Waals surface area contributed by atoms with Crippen molar-refractivity contribution in [2.45, 2.75) is 85.6 Å². The van der Waals surface area contributed by atoms with Crippen molar-refractivity contribution in [1.82, 2.24) is 9.97 Å². The number of H-pyrrole nitrogens is 1. The number of nitrogens with zero attached hydrogens (tertiary/aromatic N) is 1. The average Bonchev–Trinajstić information content (AvgIpc) is 3.74. The fourth-order valence-corrected chi connectivity index (χ4v) is 8.02. The number of hydrogen-bond acceptors (Lipinski definition) is 13. The molecule has 9 atom stereocenters. The molecule has 1 aromatic heterocycles. The predicted octanol–water partition coefficient (Wildman–Crippen LogP) is 6.30. The van der Waals surface area contributed by atoms with Gasteiger partial charge in [-0.3, -0.25) is 14.4 Å². The molecule has 0 aliphatic carbocycles. The zero-order chi connectivity index (χ0) is 43.2. The van der Waals surface area contributed by atoms with E-state index < -0.39 is 88.8 Å². The van der Waals surface area contributed by atoms with E-state index in [1.807, 2.05) is 0 Å². The van der Waals surface area contributed by atoms with Gasteiger partial charge in [0.25, 0.3) is 11.7 Å². The highest BCUT2D eigenvalue weighted by atomic mass is 16.7. The van der Waals surface area contributed by atoms with Crippen LogP contribution in [0.2, 0.25) is 0 Å². The smallest absolute Gasteiger partial charge is 0.312 e. The fourth-order valence-electron chi connectivity index (χ4n) is 8.02. The van der Waals surface area contributed by atoms with Gasteiger partial charge < -0.3 is 54.8 Å². The van der Waals surface area contributed by atoms with E-state index in [9.17, 15) is 39.9 Å². The predicted molar refractivity (Wildman–Crippen MR) is 219 cm³/mol. The molecule has 15 heteroatoms. The Kier molecular flexibility index (Phi) is 11.9. The lowest BCUT2D eigenvalue weighted by Crippen LogP contribution is -2.46. The SMILES string of the molecule is CO[C@H]1/C=C/O[C@@]2(C)Oc3c(C)c(O)c4c(O)c(c(-c5nc6ccccc6[nH]5)c(O)c4c3C2=O)NC(=O)/C(C)=C\C=C\[C@H](C)[C@H](O)[C@@H](C)[C@@H](O)[C@H](C)[C@H](OC(C)=O)[C@H]1C. The summed E-state index contributed by atoms with van der Waals surface area (Å²) in [7, 11) is 1.43. The number of carbonyl (C=O) groups is 3. The van der Waals surface area contributed by atoms with Crippen molar-refractivity contribution >= 4 is 45.2 Å². The van der Waals surface area contributed by atoms with E-state index in [1.54, 1.807) is 64.1 Å². The number of benzene rings is 3. The molecule has 15 nitrogen and oxygen atoms in total. The lowest BCUT2D eigenvalue weighted by molar-refractivity contribution is -0.160. The van der Waals surface area contributed by atoms with E-state index >= 15 is 0 Å². The van der Waals surface area contributed by atoms with E-state index in [2.05, 4.69) is 15.3 Å². The highest BCUT2D eigenvalue weighted by Crippen LogP contribution is 2.57. The molecule has 3 aliphatic heterocycles. The van der Waals surface area contributed by atoms with Crippen LogP contribution in [0.5, 0.6) is 23.0 Å². The van der Waals surface area contributed by atoms with Crippen molar-refractivity contribution in [3.05, 3.63) is 71.5 Å². The van der Waals surface area contributed by atoms with Gasteiger partial charge in [0.1, 0.15) is 29.2 Å². The molecule has 5 bridgehead atoms. The second kappa shape index (κ2) is 16.4. The van der Waals surface area contributed by atoms with E-state index in [4.69, 9.17) is 18.9 Å². The van der Waals surface area contributed by atoms with Gasteiger partial charge in [-0.2, -0.15) is 0 Å². The van der Waals surface area contributed by atoms with Crippen molar-refractivity contribution < 1.29 is 58.9 Å². The Balaban J connectivity index is 1.57. The van der Waals surface area contributed by atoms with Crippen molar-refractivity contribution in [2.75, 3.05) is 12.4 Å². The van der Waals surface area contributed by atoms with Crippen LogP contribution in [-0.4, -0.2) is 90.5 Å². The van der Waals surface area contributed by atoms with E-state index in [-0.39, 0.29) is 50.3 Å². The van der Waals surface area contributed by atoms with E-state index in [1.165, 1.54) is 53.2 Å². The summed E-state index contributed by atoms with van der Waals surface area (Å²) >= 11 is 0. The summed E-state index contributed by atoms with van der Waals surface area (Å²) in [5.74, 6) is -8.53. The summed E-state index contributed by atoms with van der Waals surface area (Å²) in [4.78, 5) is 48.4. The highest BCUT2D eigenvalue weighted by molar-refractivity contribution is 6.23. The molecule has 314 valence electrons. The zero-order valence-corrected chi connectivity index (χ0v) is 34.4. The Morgan fingerprint density at radius 3 is 2.25 bits per heavy atom. The number of aliphatic hydroxyl groups excluding tert-OH is 2. The number of amides is 1. The number of phenolic OH excluding ortho intramolecular Hbond substituents is 3. The molecule has 0 radical (unpaired) electrons. The van der Waals surface area contributed by atoms with Gasteiger partial charge in [0.2, 0.25) is 0 Å². The average molecular weight is 814 g/mol. The first-order valence-corrected chi connectivity index (χ1v) is 19.4. The lowest BCUT2D eigenvalue weighted by atomic mass is 9.78. The Bertz CT molecular complexity index is 2380. The maximum atomic E-state index is 14.5. The second-order valence-corrected chi connectivity index (χ2v) is 15.7. The standard InChI is InChI=1S/C44H51N3O12/c1-19-13-12-14-20(2)43(55)47-33-32(42-45-26-15-10-11-16-27(26)46-42)37(52)29-30(38(33)53)36(51)24(6)40-31(29)41(54)44(8,59-40)57-18-17-28(56-9)21(3)39(58-25(7)48)23(5)35(50)22(4)34(19)49/h10-19,21-23,28,34-35,39,49-53H,1-9H3,(H,45,46)(H,47,55)/b13-12+,18-17+,20-14-/t19-,21-,22+,23-,28-,34-,35+,39+,44-/m0/s1. The molecular weight excluding hydrogens is 762 g/mol. The summed E-state index contributed by atoms with van der Waals surface area (Å²) in [6.45, 7) is 12.5. The first-order valence-electron chi connectivity index (χ1n) is 19.4. The Hall–Kier alpha value is -5.90. The van der Waals surface area contributed by atoms with Gasteiger partial charge in [-0.05, 0) is 32.1 Å². The molecular formula is C44H51N3O12. The number of fused-ring (bicyclic) bond motifs is 15. The van der Waals surface area contributed by atoms with Crippen LogP contribution in [0, 0.1) is 30.6 Å². The number of imidazole rings is 1. The minimum absolute atomic E-state index is 0.0292. The third kappa shape index (κ3) is 7.61. The van der Waals surface area contributed by atoms with Crippen molar-refractivity contribution in [3.8, 4) is 34.4 Å². The largest absolute Gasteiger partial charge is 0.507 e.